The highest BCUT2D eigenvalue weighted by molar-refractivity contribution is 6.06. The summed E-state index contributed by atoms with van der Waals surface area (Å²) in [6, 6.07) is 21.5. The zero-order chi connectivity index (χ0) is 46.0. The quantitative estimate of drug-likeness (QED) is 0.0309. The number of hydrogen-bond acceptors (Lipinski definition) is 10. The lowest BCUT2D eigenvalue weighted by Crippen LogP contribution is -2.45. The maximum Gasteiger partial charge on any atom is 0.407 e. The van der Waals surface area contributed by atoms with Crippen LogP contribution in [0.25, 0.3) is 21.9 Å². The van der Waals surface area contributed by atoms with E-state index in [4.69, 9.17) is 26.9 Å². The van der Waals surface area contributed by atoms with E-state index < -0.39 is 24.1 Å². The van der Waals surface area contributed by atoms with E-state index in [1.165, 1.54) is 0 Å². The lowest BCUT2D eigenvalue weighted by molar-refractivity contribution is -0.131. The summed E-state index contributed by atoms with van der Waals surface area (Å²) in [6.45, 7) is 7.55. The number of carbonyl (C=O) groups is 5. The minimum Gasteiger partial charge on any atom is -0.445 e. The molecule has 0 saturated carbocycles. The number of anilines is 2. The third-order valence-electron chi connectivity index (χ3n) is 11.1. The molecule has 0 unspecified atom stereocenters. The molecule has 2 atom stereocenters. The Morgan fingerprint density at radius 3 is 2.25 bits per heavy atom. The van der Waals surface area contributed by atoms with Gasteiger partial charge < -0.3 is 47.8 Å². The van der Waals surface area contributed by atoms with Gasteiger partial charge in [0.25, 0.3) is 0 Å². The summed E-state index contributed by atoms with van der Waals surface area (Å²) in [5.74, 6) is -0.353. The molecule has 5 amide bonds. The van der Waals surface area contributed by atoms with Crippen LogP contribution in [-0.4, -0.2) is 63.4 Å². The number of aromatic nitrogens is 3. The van der Waals surface area contributed by atoms with Gasteiger partial charge in [-0.05, 0) is 79.5 Å². The highest BCUT2D eigenvalue weighted by Crippen LogP contribution is 2.30. The van der Waals surface area contributed by atoms with Gasteiger partial charge in [-0.15, -0.1) is 0 Å². The molecule has 0 spiro atoms. The highest BCUT2D eigenvalue weighted by atomic mass is 16.5. The van der Waals surface area contributed by atoms with Crippen LogP contribution >= 0.6 is 0 Å². The van der Waals surface area contributed by atoms with Crippen LogP contribution in [0.3, 0.4) is 0 Å². The first-order valence-electron chi connectivity index (χ1n) is 22.3. The monoisotopic (exact) mass is 877 g/mol. The second-order valence-electron chi connectivity index (χ2n) is 16.6. The van der Waals surface area contributed by atoms with E-state index in [1.807, 2.05) is 56.3 Å². The number of benzene rings is 3. The summed E-state index contributed by atoms with van der Waals surface area (Å²) in [7, 11) is 0. The third kappa shape index (κ3) is 14.2. The summed E-state index contributed by atoms with van der Waals surface area (Å²) >= 11 is 0. The van der Waals surface area contributed by atoms with Crippen LogP contribution < -0.4 is 38.5 Å². The Kier molecular flexibility index (Phi) is 18.4. The van der Waals surface area contributed by atoms with Gasteiger partial charge in [0, 0.05) is 55.9 Å². The number of urea groups is 1. The lowest BCUT2D eigenvalue weighted by atomic mass is 9.89. The molecular weight excluding hydrogens is 813 g/mol. The Morgan fingerprint density at radius 1 is 0.828 bits per heavy atom. The summed E-state index contributed by atoms with van der Waals surface area (Å²) in [6.07, 6.45) is 5.53. The van der Waals surface area contributed by atoms with Crippen LogP contribution in [0, 0.1) is 11.8 Å². The number of nitrogens with zero attached hydrogens (tertiary/aromatic N) is 3. The second kappa shape index (κ2) is 24.3. The minimum absolute atomic E-state index is 0.00621. The van der Waals surface area contributed by atoms with Gasteiger partial charge >= 0.3 is 12.1 Å². The van der Waals surface area contributed by atoms with Gasteiger partial charge in [-0.2, -0.15) is 0 Å². The van der Waals surface area contributed by atoms with Gasteiger partial charge in [0.1, 0.15) is 17.9 Å². The molecule has 0 fully saturated rings. The number of aryl methyl sites for hydroxylation is 1. The Labute approximate surface area is 374 Å². The van der Waals surface area contributed by atoms with Crippen LogP contribution in [0.1, 0.15) is 101 Å². The number of rotatable bonds is 25. The number of primary amides is 1. The van der Waals surface area contributed by atoms with Crippen molar-refractivity contribution in [3.63, 3.8) is 0 Å². The molecule has 5 aromatic rings. The van der Waals surface area contributed by atoms with Crippen molar-refractivity contribution in [2.75, 3.05) is 24.1 Å². The molecule has 64 heavy (non-hydrogen) atoms. The summed E-state index contributed by atoms with van der Waals surface area (Å²) in [5, 5.41) is 12.1. The van der Waals surface area contributed by atoms with Gasteiger partial charge in [-0.3, -0.25) is 14.4 Å². The fourth-order valence-electron chi connectivity index (χ4n) is 7.58. The minimum atomic E-state index is -0.748. The largest absolute Gasteiger partial charge is 0.445 e. The van der Waals surface area contributed by atoms with Crippen molar-refractivity contribution in [1.82, 2.24) is 30.5 Å². The van der Waals surface area contributed by atoms with Gasteiger partial charge in [-0.25, -0.2) is 19.6 Å². The lowest BCUT2D eigenvalue weighted by Gasteiger charge is -2.24. The van der Waals surface area contributed by atoms with Crippen LogP contribution in [0.15, 0.2) is 72.8 Å². The van der Waals surface area contributed by atoms with Crippen molar-refractivity contribution in [3.05, 3.63) is 95.3 Å². The first-order valence-corrected chi connectivity index (χ1v) is 22.3. The Bertz CT molecular complexity index is 2350. The molecule has 10 N–H and O–H groups in total. The molecule has 0 saturated heterocycles. The highest BCUT2D eigenvalue weighted by Gasteiger charge is 2.29. The Hall–Kier alpha value is -6.55. The van der Waals surface area contributed by atoms with Crippen LogP contribution in [0.2, 0.25) is 0 Å². The van der Waals surface area contributed by atoms with Crippen molar-refractivity contribution < 1.29 is 28.7 Å². The number of nitrogens with one attached hydrogen (secondary N) is 4. The molecule has 342 valence electrons. The first-order chi connectivity index (χ1) is 30.9. The molecule has 0 aliphatic rings. The zero-order valence-electron chi connectivity index (χ0n) is 37.3. The van der Waals surface area contributed by atoms with Crippen LogP contribution in [0.4, 0.5) is 21.1 Å². The van der Waals surface area contributed by atoms with E-state index in [-0.39, 0.29) is 49.6 Å². The number of nitrogens with two attached hydrogens (primary N) is 3. The predicted octanol–water partition coefficient (Wildman–Crippen LogP) is 6.61. The number of pyridine rings is 1. The first kappa shape index (κ1) is 48.5. The standard InChI is InChI=1S/C48H64N10O6/c1-4-5-15-40-56-43-44(37-13-8-9-14-38(37)55-45(43)50)58(40)29-33-19-17-32(18-20-33)28-53-48(63)64-30-34-21-23-36(24-22-34)54-46(61)35(12-11-26-52-47(51)62)27-39(59)42(31(2)3)57-41(60)16-7-6-10-25-49/h8-9,13-14,17-24,31,35,42H,4-7,10-12,15-16,25-30,49H2,1-3H3,(H2,50,55)(H,53,63)(H,54,61)(H,57,60)(H3,51,52,62)/t35-,42+/m1/s1. The number of ether oxygens (including phenoxy) is 1. The zero-order valence-corrected chi connectivity index (χ0v) is 37.3. The molecule has 0 radical (unpaired) electrons. The smallest absolute Gasteiger partial charge is 0.407 e. The topological polar surface area (TPSA) is 251 Å². The second-order valence-corrected chi connectivity index (χ2v) is 16.6. The van der Waals surface area contributed by atoms with E-state index in [0.717, 1.165) is 71.0 Å². The maximum atomic E-state index is 13.6. The molecular formula is C48H64N10O6. The fourth-order valence-corrected chi connectivity index (χ4v) is 7.58. The van der Waals surface area contributed by atoms with Gasteiger partial charge in [-0.1, -0.05) is 88.2 Å². The molecule has 0 aliphatic carbocycles. The summed E-state index contributed by atoms with van der Waals surface area (Å²) in [5.41, 5.74) is 22.9. The molecule has 0 aliphatic heterocycles. The molecule has 2 aromatic heterocycles. The molecule has 5 rings (SSSR count). The summed E-state index contributed by atoms with van der Waals surface area (Å²) in [4.78, 5) is 73.2. The molecule has 3 aromatic carbocycles. The number of ketones is 1. The SMILES string of the molecule is CCCCc1nc2c(N)nc3ccccc3c2n1Cc1ccc(CNC(=O)OCc2ccc(NC(=O)[C@H](CCCNC(N)=O)CC(=O)[C@@H](NC(=O)CCCCCN)C(C)C)cc2)cc1. The van der Waals surface area contributed by atoms with Crippen molar-refractivity contribution in [2.45, 2.75) is 111 Å². The average Bonchev–Trinajstić information content (AvgIpc) is 3.64. The Balaban J connectivity index is 1.12. The number of unbranched alkanes of at least 4 members (excludes halogenated alkanes) is 3. The van der Waals surface area contributed by atoms with E-state index in [1.54, 1.807) is 24.3 Å². The number of fused-ring (bicyclic) bond motifs is 3. The number of nitrogen functional groups attached to an aromatic ring is 1. The number of carbonyl (C=O) groups excluding carboxylic acids is 5. The number of imidazole rings is 1. The van der Waals surface area contributed by atoms with E-state index in [0.29, 0.717) is 55.8 Å². The van der Waals surface area contributed by atoms with E-state index in [9.17, 15) is 24.0 Å². The van der Waals surface area contributed by atoms with E-state index >= 15 is 0 Å². The van der Waals surface area contributed by atoms with Crippen molar-refractivity contribution in [2.24, 2.45) is 23.3 Å². The number of hydrogen-bond donors (Lipinski definition) is 7. The number of Topliss-reactive ketones (excluding diaryl/α,β-unsaturated/α-hetero) is 1. The fraction of sp³-hybridized carbons (Fsp3) is 0.438. The van der Waals surface area contributed by atoms with Crippen LogP contribution in [-0.2, 0) is 45.2 Å². The van der Waals surface area contributed by atoms with Crippen molar-refractivity contribution in [1.29, 1.82) is 0 Å². The molecule has 0 bridgehead atoms. The van der Waals surface area contributed by atoms with E-state index in [2.05, 4.69) is 43.8 Å². The normalized spacial score (nSPS) is 12.2. The molecule has 2 heterocycles. The molecule has 16 nitrogen and oxygen atoms in total. The van der Waals surface area contributed by atoms with Crippen molar-refractivity contribution >= 4 is 63.2 Å². The van der Waals surface area contributed by atoms with Gasteiger partial charge in [0.15, 0.2) is 11.6 Å². The van der Waals surface area contributed by atoms with Gasteiger partial charge in [0.2, 0.25) is 11.8 Å². The summed E-state index contributed by atoms with van der Waals surface area (Å²) < 4.78 is 7.72. The maximum absolute atomic E-state index is 13.6. The number of para-hydroxylation sites is 1. The van der Waals surface area contributed by atoms with Gasteiger partial charge in [0.05, 0.1) is 17.1 Å². The molecule has 16 heteroatoms. The van der Waals surface area contributed by atoms with Crippen molar-refractivity contribution in [3.8, 4) is 0 Å². The Morgan fingerprint density at radius 2 is 1.55 bits per heavy atom. The third-order valence-corrected chi connectivity index (χ3v) is 11.1. The number of amides is 5. The van der Waals surface area contributed by atoms with Crippen LogP contribution in [0.5, 0.6) is 0 Å². The predicted molar refractivity (Wildman–Crippen MR) is 250 cm³/mol. The average molecular weight is 877 g/mol. The number of alkyl carbamates (subject to hydrolysis) is 1.